The second-order valence-electron chi connectivity index (χ2n) is 5.51. The molecule has 2 heterocycles. The molecule has 3 rings (SSSR count). The number of urea groups is 1. The lowest BCUT2D eigenvalue weighted by atomic mass is 10.1. The first kappa shape index (κ1) is 15.0. The summed E-state index contributed by atoms with van der Waals surface area (Å²) < 4.78 is 0.975. The van der Waals surface area contributed by atoms with E-state index < -0.39 is 0 Å². The van der Waals surface area contributed by atoms with E-state index in [9.17, 15) is 14.4 Å². The Morgan fingerprint density at radius 2 is 2.00 bits per heavy atom. The van der Waals surface area contributed by atoms with Crippen LogP contribution in [0, 0.1) is 0 Å². The largest absolute Gasteiger partial charge is 0.340 e. The van der Waals surface area contributed by atoms with Gasteiger partial charge in [-0.3, -0.25) is 14.5 Å². The Bertz CT molecular complexity index is 601. The van der Waals surface area contributed by atoms with E-state index in [0.717, 1.165) is 10.0 Å². The summed E-state index contributed by atoms with van der Waals surface area (Å²) in [5.74, 6) is -0.186. The van der Waals surface area contributed by atoms with Crippen molar-refractivity contribution in [3.05, 3.63) is 34.3 Å². The smallest absolute Gasteiger partial charge is 0.324 e. The molecular weight excluding hydrogens is 350 g/mol. The van der Waals surface area contributed by atoms with Gasteiger partial charge in [0.15, 0.2) is 0 Å². The molecule has 4 amide bonds. The summed E-state index contributed by atoms with van der Waals surface area (Å²) >= 11 is 3.36. The van der Waals surface area contributed by atoms with Crippen molar-refractivity contribution in [2.75, 3.05) is 19.6 Å². The third kappa shape index (κ3) is 2.99. The van der Waals surface area contributed by atoms with Crippen molar-refractivity contribution in [3.8, 4) is 0 Å². The van der Waals surface area contributed by atoms with Gasteiger partial charge in [-0.05, 0) is 24.1 Å². The molecule has 2 saturated heterocycles. The average molecular weight is 366 g/mol. The standard InChI is InChI=1S/C15H16BrN3O3/c16-11-3-1-10(2-4-11)7-13(20)18-6-5-12(9-18)19-14(21)8-17-15(19)22/h1-4,12H,5-9H2,(H,17,22). The van der Waals surface area contributed by atoms with Gasteiger partial charge in [-0.15, -0.1) is 0 Å². The van der Waals surface area contributed by atoms with Crippen LogP contribution in [0.4, 0.5) is 4.79 Å². The number of nitrogens with one attached hydrogen (secondary N) is 1. The van der Waals surface area contributed by atoms with Crippen LogP contribution in [0.2, 0.25) is 0 Å². The number of hydrogen-bond acceptors (Lipinski definition) is 3. The summed E-state index contributed by atoms with van der Waals surface area (Å²) in [4.78, 5) is 38.7. The molecule has 2 aliphatic heterocycles. The molecule has 116 valence electrons. The first-order chi connectivity index (χ1) is 10.5. The quantitative estimate of drug-likeness (QED) is 0.816. The fourth-order valence-electron chi connectivity index (χ4n) is 2.87. The second kappa shape index (κ2) is 6.08. The number of carbonyl (C=O) groups excluding carboxylic acids is 3. The van der Waals surface area contributed by atoms with Crippen LogP contribution in [0.25, 0.3) is 0 Å². The fraction of sp³-hybridized carbons (Fsp3) is 0.400. The Morgan fingerprint density at radius 3 is 2.64 bits per heavy atom. The van der Waals surface area contributed by atoms with Crippen molar-refractivity contribution in [1.29, 1.82) is 0 Å². The van der Waals surface area contributed by atoms with Gasteiger partial charge in [0, 0.05) is 17.6 Å². The molecule has 1 aromatic carbocycles. The van der Waals surface area contributed by atoms with E-state index in [4.69, 9.17) is 0 Å². The molecule has 0 bridgehead atoms. The molecule has 2 aliphatic rings. The number of likely N-dealkylation sites (tertiary alicyclic amines) is 1. The second-order valence-corrected chi connectivity index (χ2v) is 6.42. The number of carbonyl (C=O) groups is 3. The maximum Gasteiger partial charge on any atom is 0.324 e. The molecule has 0 spiro atoms. The molecule has 0 aromatic heterocycles. The molecule has 6 nitrogen and oxygen atoms in total. The topological polar surface area (TPSA) is 69.7 Å². The van der Waals surface area contributed by atoms with Crippen LogP contribution in [0.5, 0.6) is 0 Å². The molecule has 0 saturated carbocycles. The minimum Gasteiger partial charge on any atom is -0.340 e. The zero-order valence-electron chi connectivity index (χ0n) is 11.9. The number of hydrogen-bond donors (Lipinski definition) is 1. The number of halogens is 1. The number of benzene rings is 1. The summed E-state index contributed by atoms with van der Waals surface area (Å²) in [6, 6.07) is 7.08. The van der Waals surface area contributed by atoms with Gasteiger partial charge in [-0.1, -0.05) is 28.1 Å². The molecule has 0 radical (unpaired) electrons. The Morgan fingerprint density at radius 1 is 1.27 bits per heavy atom. The van der Waals surface area contributed by atoms with Crippen molar-refractivity contribution < 1.29 is 14.4 Å². The van der Waals surface area contributed by atoms with E-state index in [1.165, 1.54) is 4.90 Å². The molecular formula is C15H16BrN3O3. The molecule has 22 heavy (non-hydrogen) atoms. The zero-order valence-corrected chi connectivity index (χ0v) is 13.5. The van der Waals surface area contributed by atoms with Crippen LogP contribution in [-0.4, -0.2) is 53.3 Å². The lowest BCUT2D eigenvalue weighted by Gasteiger charge is -2.21. The lowest BCUT2D eigenvalue weighted by Crippen LogP contribution is -2.43. The summed E-state index contributed by atoms with van der Waals surface area (Å²) in [5, 5.41) is 2.51. The van der Waals surface area contributed by atoms with E-state index in [1.54, 1.807) is 4.90 Å². The first-order valence-electron chi connectivity index (χ1n) is 7.16. The SMILES string of the molecule is O=C(Cc1ccc(Br)cc1)N1CCC(N2C(=O)CNC2=O)C1. The van der Waals surface area contributed by atoms with Gasteiger partial charge in [0.1, 0.15) is 0 Å². The Kier molecular flexibility index (Phi) is 4.15. The maximum atomic E-state index is 12.3. The summed E-state index contributed by atoms with van der Waals surface area (Å²) in [6.07, 6.45) is 0.978. The van der Waals surface area contributed by atoms with Crippen LogP contribution < -0.4 is 5.32 Å². The highest BCUT2D eigenvalue weighted by Crippen LogP contribution is 2.19. The maximum absolute atomic E-state index is 12.3. The van der Waals surface area contributed by atoms with Crippen LogP contribution in [0.1, 0.15) is 12.0 Å². The molecule has 1 aromatic rings. The number of amides is 4. The predicted molar refractivity (Wildman–Crippen MR) is 83.1 cm³/mol. The third-order valence-corrected chi connectivity index (χ3v) is 4.56. The normalized spacial score (nSPS) is 21.4. The minimum absolute atomic E-state index is 0.0249. The molecule has 1 unspecified atom stereocenters. The molecule has 1 N–H and O–H groups in total. The molecule has 2 fully saturated rings. The van der Waals surface area contributed by atoms with E-state index in [-0.39, 0.29) is 30.4 Å². The van der Waals surface area contributed by atoms with Crippen molar-refractivity contribution >= 4 is 33.8 Å². The van der Waals surface area contributed by atoms with Crippen LogP contribution in [0.3, 0.4) is 0 Å². The Hall–Kier alpha value is -1.89. The monoisotopic (exact) mass is 365 g/mol. The zero-order chi connectivity index (χ0) is 15.7. The van der Waals surface area contributed by atoms with Gasteiger partial charge in [0.05, 0.1) is 19.0 Å². The van der Waals surface area contributed by atoms with Gasteiger partial charge in [0.2, 0.25) is 11.8 Å². The minimum atomic E-state index is -0.350. The van der Waals surface area contributed by atoms with E-state index in [1.807, 2.05) is 24.3 Å². The molecule has 7 heteroatoms. The first-order valence-corrected chi connectivity index (χ1v) is 7.96. The predicted octanol–water partition coefficient (Wildman–Crippen LogP) is 1.14. The van der Waals surface area contributed by atoms with E-state index >= 15 is 0 Å². The number of imide groups is 1. The highest BCUT2D eigenvalue weighted by Gasteiger charge is 2.39. The Labute approximate surface area is 136 Å². The van der Waals surface area contributed by atoms with Crippen molar-refractivity contribution in [3.63, 3.8) is 0 Å². The van der Waals surface area contributed by atoms with Gasteiger partial charge < -0.3 is 10.2 Å². The van der Waals surface area contributed by atoms with Crippen molar-refractivity contribution in [2.45, 2.75) is 18.9 Å². The van der Waals surface area contributed by atoms with E-state index in [2.05, 4.69) is 21.2 Å². The van der Waals surface area contributed by atoms with Crippen molar-refractivity contribution in [1.82, 2.24) is 15.1 Å². The fourth-order valence-corrected chi connectivity index (χ4v) is 3.14. The van der Waals surface area contributed by atoms with Gasteiger partial charge in [-0.25, -0.2) is 4.79 Å². The highest BCUT2D eigenvalue weighted by atomic mass is 79.9. The van der Waals surface area contributed by atoms with Gasteiger partial charge >= 0.3 is 6.03 Å². The van der Waals surface area contributed by atoms with Crippen molar-refractivity contribution in [2.24, 2.45) is 0 Å². The van der Waals surface area contributed by atoms with Gasteiger partial charge in [-0.2, -0.15) is 0 Å². The third-order valence-electron chi connectivity index (χ3n) is 4.03. The van der Waals surface area contributed by atoms with E-state index in [0.29, 0.717) is 25.9 Å². The lowest BCUT2D eigenvalue weighted by molar-refractivity contribution is -0.131. The molecule has 0 aliphatic carbocycles. The number of rotatable bonds is 3. The summed E-state index contributed by atoms with van der Waals surface area (Å²) in [5.41, 5.74) is 0.951. The van der Waals surface area contributed by atoms with Crippen LogP contribution in [0.15, 0.2) is 28.7 Å². The van der Waals surface area contributed by atoms with Gasteiger partial charge in [0.25, 0.3) is 0 Å². The summed E-state index contributed by atoms with van der Waals surface area (Å²) in [7, 11) is 0. The van der Waals surface area contributed by atoms with Crippen LogP contribution >= 0.6 is 15.9 Å². The van der Waals surface area contributed by atoms with Crippen LogP contribution in [-0.2, 0) is 16.0 Å². The Balaban J connectivity index is 1.60. The average Bonchev–Trinajstić information content (AvgIpc) is 3.08. The highest BCUT2D eigenvalue weighted by molar-refractivity contribution is 9.10. The molecule has 1 atom stereocenters. The number of nitrogens with zero attached hydrogens (tertiary/aromatic N) is 2. The summed E-state index contributed by atoms with van der Waals surface area (Å²) in [6.45, 7) is 1.06.